The second-order valence-electron chi connectivity index (χ2n) is 8.32. The summed E-state index contributed by atoms with van der Waals surface area (Å²) >= 11 is 0. The summed E-state index contributed by atoms with van der Waals surface area (Å²) in [6.07, 6.45) is 5.14. The zero-order chi connectivity index (χ0) is 24.2. The van der Waals surface area contributed by atoms with Crippen LogP contribution in [0.15, 0.2) is 91.1 Å². The third kappa shape index (κ3) is 4.99. The molecule has 0 N–H and O–H groups in total. The molecule has 0 unspecified atom stereocenters. The number of piperazine rings is 1. The number of para-hydroxylation sites is 2. The van der Waals surface area contributed by atoms with Crippen LogP contribution in [-0.2, 0) is 4.79 Å². The van der Waals surface area contributed by atoms with E-state index >= 15 is 0 Å². The van der Waals surface area contributed by atoms with Gasteiger partial charge < -0.3 is 9.80 Å². The monoisotopic (exact) mass is 470 g/mol. The van der Waals surface area contributed by atoms with Crippen LogP contribution in [0.5, 0.6) is 0 Å². The molecule has 0 spiro atoms. The quantitative estimate of drug-likeness (QED) is 0.378. The Kier molecular flexibility index (Phi) is 6.39. The van der Waals surface area contributed by atoms with E-state index in [4.69, 9.17) is 5.10 Å². The van der Waals surface area contributed by atoms with E-state index in [0.717, 1.165) is 16.8 Å². The van der Waals surface area contributed by atoms with Crippen molar-refractivity contribution in [2.75, 3.05) is 31.1 Å². The molecule has 5 rings (SSSR count). The van der Waals surface area contributed by atoms with E-state index in [1.807, 2.05) is 47.5 Å². The van der Waals surface area contributed by atoms with Crippen LogP contribution in [0.4, 0.5) is 14.5 Å². The van der Waals surface area contributed by atoms with Crippen LogP contribution >= 0.6 is 0 Å². The van der Waals surface area contributed by atoms with E-state index in [0.29, 0.717) is 37.6 Å². The van der Waals surface area contributed by atoms with Crippen LogP contribution in [0.2, 0.25) is 0 Å². The van der Waals surface area contributed by atoms with Crippen molar-refractivity contribution in [3.8, 4) is 16.9 Å². The van der Waals surface area contributed by atoms with Gasteiger partial charge in [-0.2, -0.15) is 5.10 Å². The van der Waals surface area contributed by atoms with Crippen molar-refractivity contribution in [1.82, 2.24) is 14.7 Å². The summed E-state index contributed by atoms with van der Waals surface area (Å²) in [5, 5.41) is 4.70. The van der Waals surface area contributed by atoms with E-state index < -0.39 is 0 Å². The first-order chi connectivity index (χ1) is 17.1. The zero-order valence-corrected chi connectivity index (χ0v) is 19.0. The maximum atomic E-state index is 14.1. The van der Waals surface area contributed by atoms with Crippen LogP contribution < -0.4 is 4.90 Å². The molecule has 0 saturated carbocycles. The zero-order valence-electron chi connectivity index (χ0n) is 19.0. The highest BCUT2D eigenvalue weighted by Gasteiger charge is 2.21. The molecule has 2 heterocycles. The summed E-state index contributed by atoms with van der Waals surface area (Å²) in [6.45, 7) is 2.14. The minimum atomic E-state index is -0.321. The Balaban J connectivity index is 1.34. The normalized spacial score (nSPS) is 14.0. The molecule has 4 aromatic rings. The fourth-order valence-electron chi connectivity index (χ4n) is 4.20. The molecule has 1 aliphatic heterocycles. The minimum absolute atomic E-state index is 0.115. The Morgan fingerprint density at radius 3 is 2.23 bits per heavy atom. The van der Waals surface area contributed by atoms with E-state index in [-0.39, 0.29) is 17.5 Å². The number of halogens is 2. The van der Waals surface area contributed by atoms with E-state index in [9.17, 15) is 13.6 Å². The summed E-state index contributed by atoms with van der Waals surface area (Å²) < 4.78 is 29.3. The fraction of sp³-hybridized carbons (Fsp3) is 0.143. The molecule has 35 heavy (non-hydrogen) atoms. The first-order valence-corrected chi connectivity index (χ1v) is 11.5. The van der Waals surface area contributed by atoms with Gasteiger partial charge in [0.15, 0.2) is 0 Å². The summed E-state index contributed by atoms with van der Waals surface area (Å²) in [6, 6.07) is 22.5. The average Bonchev–Trinajstić information content (AvgIpc) is 3.33. The molecule has 0 atom stereocenters. The van der Waals surface area contributed by atoms with Gasteiger partial charge in [-0.3, -0.25) is 4.79 Å². The van der Waals surface area contributed by atoms with Crippen molar-refractivity contribution in [2.24, 2.45) is 0 Å². The smallest absolute Gasteiger partial charge is 0.246 e. The third-order valence-corrected chi connectivity index (χ3v) is 6.07. The third-order valence-electron chi connectivity index (χ3n) is 6.07. The molecule has 0 bridgehead atoms. The second kappa shape index (κ2) is 9.93. The first kappa shape index (κ1) is 22.5. The summed E-state index contributed by atoms with van der Waals surface area (Å²) in [5.41, 5.74) is 3.60. The first-order valence-electron chi connectivity index (χ1n) is 11.5. The van der Waals surface area contributed by atoms with Crippen molar-refractivity contribution in [3.63, 3.8) is 0 Å². The van der Waals surface area contributed by atoms with E-state index in [1.165, 1.54) is 24.3 Å². The molecule has 1 aromatic heterocycles. The second-order valence-corrected chi connectivity index (χ2v) is 8.32. The van der Waals surface area contributed by atoms with Gasteiger partial charge >= 0.3 is 0 Å². The maximum absolute atomic E-state index is 14.1. The number of rotatable bonds is 5. The molecule has 3 aromatic carbocycles. The maximum Gasteiger partial charge on any atom is 0.246 e. The number of anilines is 1. The van der Waals surface area contributed by atoms with Crippen molar-refractivity contribution < 1.29 is 13.6 Å². The Bertz CT molecular complexity index is 1340. The number of carbonyl (C=O) groups excluding carboxylic acids is 1. The molecule has 1 amide bonds. The number of aromatic nitrogens is 2. The predicted octanol–water partition coefficient (Wildman–Crippen LogP) is 5.18. The number of benzene rings is 3. The van der Waals surface area contributed by atoms with Gasteiger partial charge in [0.1, 0.15) is 11.6 Å². The Labute approximate surface area is 202 Å². The molecular weight excluding hydrogens is 446 g/mol. The van der Waals surface area contributed by atoms with Gasteiger partial charge in [0.05, 0.1) is 17.1 Å². The topological polar surface area (TPSA) is 41.4 Å². The molecule has 1 fully saturated rings. The van der Waals surface area contributed by atoms with Gasteiger partial charge in [-0.15, -0.1) is 0 Å². The predicted molar refractivity (Wildman–Crippen MR) is 133 cm³/mol. The Morgan fingerprint density at radius 1 is 0.829 bits per heavy atom. The van der Waals surface area contributed by atoms with Crippen LogP contribution in [0, 0.1) is 11.6 Å². The number of hydrogen-bond acceptors (Lipinski definition) is 3. The van der Waals surface area contributed by atoms with Crippen molar-refractivity contribution in [3.05, 3.63) is 108 Å². The van der Waals surface area contributed by atoms with E-state index in [2.05, 4.69) is 0 Å². The molecule has 1 saturated heterocycles. The van der Waals surface area contributed by atoms with Gasteiger partial charge in [-0.05, 0) is 54.6 Å². The number of hydrogen-bond donors (Lipinski definition) is 0. The van der Waals surface area contributed by atoms with Gasteiger partial charge in [-0.25, -0.2) is 13.5 Å². The lowest BCUT2D eigenvalue weighted by atomic mass is 10.1. The standard InChI is InChI=1S/C28H24F2N4O/c29-23-13-10-21(11-14-23)28-22(20-34(31-28)24-6-2-1-3-7-24)12-15-27(35)33-18-16-32(17-19-33)26-9-5-4-8-25(26)30/h1-15,20H,16-19H2/b15-12+. The fourth-order valence-corrected chi connectivity index (χ4v) is 4.20. The lowest BCUT2D eigenvalue weighted by Crippen LogP contribution is -2.48. The largest absolute Gasteiger partial charge is 0.366 e. The lowest BCUT2D eigenvalue weighted by Gasteiger charge is -2.35. The molecular formula is C28H24F2N4O. The Morgan fingerprint density at radius 2 is 1.51 bits per heavy atom. The van der Waals surface area contributed by atoms with Gasteiger partial charge in [0.25, 0.3) is 0 Å². The summed E-state index contributed by atoms with van der Waals surface area (Å²) in [5.74, 6) is -0.690. The van der Waals surface area contributed by atoms with Crippen molar-refractivity contribution >= 4 is 17.7 Å². The lowest BCUT2D eigenvalue weighted by molar-refractivity contribution is -0.126. The molecule has 0 aliphatic carbocycles. The SMILES string of the molecule is O=C(/C=C/c1cn(-c2ccccc2)nc1-c1ccc(F)cc1)N1CCN(c2ccccc2F)CC1. The van der Waals surface area contributed by atoms with Crippen LogP contribution in [-0.4, -0.2) is 46.8 Å². The van der Waals surface area contributed by atoms with Crippen molar-refractivity contribution in [2.45, 2.75) is 0 Å². The molecule has 1 aliphatic rings. The average molecular weight is 471 g/mol. The molecule has 0 radical (unpaired) electrons. The van der Waals surface area contributed by atoms with Crippen LogP contribution in [0.3, 0.4) is 0 Å². The number of nitrogens with zero attached hydrogens (tertiary/aromatic N) is 4. The van der Waals surface area contributed by atoms with Crippen LogP contribution in [0.25, 0.3) is 23.0 Å². The number of carbonyl (C=O) groups is 1. The van der Waals surface area contributed by atoms with E-state index in [1.54, 1.807) is 39.9 Å². The van der Waals surface area contributed by atoms with Gasteiger partial charge in [0.2, 0.25) is 5.91 Å². The highest BCUT2D eigenvalue weighted by atomic mass is 19.1. The molecule has 7 heteroatoms. The molecule has 176 valence electrons. The van der Waals surface area contributed by atoms with Crippen molar-refractivity contribution in [1.29, 1.82) is 0 Å². The summed E-state index contributed by atoms with van der Waals surface area (Å²) in [7, 11) is 0. The van der Waals surface area contributed by atoms with Gasteiger partial charge in [-0.1, -0.05) is 30.3 Å². The molecule has 5 nitrogen and oxygen atoms in total. The number of amides is 1. The van der Waals surface area contributed by atoms with Crippen LogP contribution in [0.1, 0.15) is 5.56 Å². The highest BCUT2D eigenvalue weighted by molar-refractivity contribution is 5.93. The summed E-state index contributed by atoms with van der Waals surface area (Å²) in [4.78, 5) is 16.6. The van der Waals surface area contributed by atoms with Gasteiger partial charge in [0, 0.05) is 49.6 Å². The minimum Gasteiger partial charge on any atom is -0.366 e. The Hall–Kier alpha value is -4.26. The highest BCUT2D eigenvalue weighted by Crippen LogP contribution is 2.26.